The van der Waals surface area contributed by atoms with Crippen molar-refractivity contribution in [1.82, 2.24) is 0 Å². The highest BCUT2D eigenvalue weighted by Gasteiger charge is 2.06. The van der Waals surface area contributed by atoms with E-state index in [1.54, 1.807) is 12.1 Å². The third kappa shape index (κ3) is 2.92. The van der Waals surface area contributed by atoms with Crippen LogP contribution < -0.4 is 0 Å². The molecule has 0 aliphatic heterocycles. The molecule has 1 aromatic carbocycles. The van der Waals surface area contributed by atoms with E-state index in [-0.39, 0.29) is 21.9 Å². The van der Waals surface area contributed by atoms with Crippen LogP contribution >= 0.6 is 17.0 Å². The largest absolute Gasteiger partial charge is 0.294 e. The Balaban J connectivity index is 0.00000121. The van der Waals surface area contributed by atoms with E-state index in [9.17, 15) is 8.42 Å². The lowest BCUT2D eigenvalue weighted by Crippen LogP contribution is -1.96. The number of rotatable bonds is 1. The van der Waals surface area contributed by atoms with Crippen LogP contribution in [-0.2, 0) is 10.1 Å². The standard InChI is InChI=1S/C7H8O3S.BrH/c1-6-2-4-7(5-3-6)11(8,9)10;/h2-5H,1H3,(H,8,9,10);1H. The first kappa shape index (κ1) is 11.6. The monoisotopic (exact) mass is 252 g/mol. The van der Waals surface area contributed by atoms with Crippen molar-refractivity contribution in [3.8, 4) is 0 Å². The third-order valence-electron chi connectivity index (χ3n) is 1.32. The summed E-state index contributed by atoms with van der Waals surface area (Å²) in [4.78, 5) is -0.0666. The fourth-order valence-electron chi connectivity index (χ4n) is 0.710. The molecular formula is C7H9BrO3S. The van der Waals surface area contributed by atoms with Crippen LogP contribution in [0.15, 0.2) is 29.2 Å². The maximum absolute atomic E-state index is 10.5. The second-order valence-corrected chi connectivity index (χ2v) is 3.71. The summed E-state index contributed by atoms with van der Waals surface area (Å²) >= 11 is 0. The maximum Gasteiger partial charge on any atom is 0.294 e. The average molecular weight is 253 g/mol. The molecule has 3 nitrogen and oxygen atoms in total. The predicted molar refractivity (Wildman–Crippen MR) is 51.3 cm³/mol. The molecule has 5 heteroatoms. The third-order valence-corrected chi connectivity index (χ3v) is 2.19. The lowest BCUT2D eigenvalue weighted by atomic mass is 10.2. The molecule has 0 aliphatic carbocycles. The smallest absolute Gasteiger partial charge is 0.282 e. The highest BCUT2D eigenvalue weighted by Crippen LogP contribution is 2.08. The van der Waals surface area contributed by atoms with Gasteiger partial charge in [-0.15, -0.1) is 17.0 Å². The Morgan fingerprint density at radius 3 is 1.92 bits per heavy atom. The molecule has 1 rings (SSSR count). The van der Waals surface area contributed by atoms with E-state index in [0.29, 0.717) is 0 Å². The molecule has 0 radical (unpaired) electrons. The van der Waals surface area contributed by atoms with Gasteiger partial charge in [0, 0.05) is 0 Å². The van der Waals surface area contributed by atoms with Crippen LogP contribution in [0.25, 0.3) is 0 Å². The lowest BCUT2D eigenvalue weighted by molar-refractivity contribution is 0.483. The van der Waals surface area contributed by atoms with Crippen LogP contribution in [-0.4, -0.2) is 13.0 Å². The van der Waals surface area contributed by atoms with Crippen molar-refractivity contribution < 1.29 is 13.0 Å². The summed E-state index contributed by atoms with van der Waals surface area (Å²) in [7, 11) is -4.02. The Hall–Kier alpha value is -0.390. The van der Waals surface area contributed by atoms with E-state index in [0.717, 1.165) is 5.56 Å². The van der Waals surface area contributed by atoms with Gasteiger partial charge in [-0.1, -0.05) is 17.7 Å². The van der Waals surface area contributed by atoms with Crippen LogP contribution in [0, 0.1) is 6.92 Å². The first-order valence-corrected chi connectivity index (χ1v) is 4.48. The van der Waals surface area contributed by atoms with Crippen molar-refractivity contribution in [3.05, 3.63) is 29.8 Å². The molecule has 1 aromatic rings. The molecule has 0 atom stereocenters. The van der Waals surface area contributed by atoms with Gasteiger partial charge in [0.25, 0.3) is 10.1 Å². The summed E-state index contributed by atoms with van der Waals surface area (Å²) in [5.41, 5.74) is 0.956. The molecule has 1 N–H and O–H groups in total. The fraction of sp³-hybridized carbons (Fsp3) is 0.143. The van der Waals surface area contributed by atoms with Gasteiger partial charge in [-0.3, -0.25) is 4.55 Å². The molecule has 0 aromatic heterocycles. The molecule has 0 fully saturated rings. The molecular weight excluding hydrogens is 244 g/mol. The molecule has 0 unspecified atom stereocenters. The summed E-state index contributed by atoms with van der Waals surface area (Å²) < 4.78 is 29.6. The molecule has 12 heavy (non-hydrogen) atoms. The van der Waals surface area contributed by atoms with E-state index in [1.807, 2.05) is 6.92 Å². The number of benzene rings is 1. The molecule has 68 valence electrons. The van der Waals surface area contributed by atoms with Crippen LogP contribution in [0.3, 0.4) is 0 Å². The van der Waals surface area contributed by atoms with Gasteiger partial charge in [0.1, 0.15) is 0 Å². The molecule has 0 saturated carbocycles. The number of hydrogen-bond acceptors (Lipinski definition) is 2. The van der Waals surface area contributed by atoms with Gasteiger partial charge < -0.3 is 0 Å². The Labute approximate surface area is 81.9 Å². The number of hydrogen-bond donors (Lipinski definition) is 1. The average Bonchev–Trinajstić information content (AvgIpc) is 1.86. The minimum absolute atomic E-state index is 0. The molecule has 0 aliphatic rings. The quantitative estimate of drug-likeness (QED) is 0.776. The van der Waals surface area contributed by atoms with Crippen LogP contribution in [0.1, 0.15) is 5.56 Å². The number of halogens is 1. The Morgan fingerprint density at radius 1 is 1.17 bits per heavy atom. The first-order chi connectivity index (χ1) is 5.00. The van der Waals surface area contributed by atoms with Crippen molar-refractivity contribution in [2.75, 3.05) is 0 Å². The van der Waals surface area contributed by atoms with Gasteiger partial charge in [-0.25, -0.2) is 0 Å². The zero-order valence-corrected chi connectivity index (χ0v) is 8.92. The zero-order valence-electron chi connectivity index (χ0n) is 6.39. The topological polar surface area (TPSA) is 54.4 Å². The second-order valence-electron chi connectivity index (χ2n) is 2.29. The molecule has 0 saturated heterocycles. The van der Waals surface area contributed by atoms with Crippen molar-refractivity contribution in [3.63, 3.8) is 0 Å². The Morgan fingerprint density at radius 2 is 1.58 bits per heavy atom. The Kier molecular flexibility index (Phi) is 3.89. The van der Waals surface area contributed by atoms with Gasteiger partial charge >= 0.3 is 0 Å². The van der Waals surface area contributed by atoms with E-state index in [1.165, 1.54) is 12.1 Å². The van der Waals surface area contributed by atoms with Crippen molar-refractivity contribution in [2.45, 2.75) is 11.8 Å². The second kappa shape index (κ2) is 4.02. The summed E-state index contributed by atoms with van der Waals surface area (Å²) in [5, 5.41) is 0. The summed E-state index contributed by atoms with van der Waals surface area (Å²) in [6.45, 7) is 1.84. The van der Waals surface area contributed by atoms with Crippen LogP contribution in [0.5, 0.6) is 0 Å². The van der Waals surface area contributed by atoms with E-state index < -0.39 is 10.1 Å². The lowest BCUT2D eigenvalue weighted by Gasteiger charge is -1.95. The van der Waals surface area contributed by atoms with Gasteiger partial charge in [0.15, 0.2) is 0 Å². The van der Waals surface area contributed by atoms with Gasteiger partial charge in [-0.05, 0) is 19.1 Å². The van der Waals surface area contributed by atoms with Crippen LogP contribution in [0.2, 0.25) is 0 Å². The molecule has 0 heterocycles. The van der Waals surface area contributed by atoms with E-state index in [4.69, 9.17) is 4.55 Å². The summed E-state index contributed by atoms with van der Waals surface area (Å²) in [5.74, 6) is 0. The van der Waals surface area contributed by atoms with Crippen molar-refractivity contribution >= 4 is 27.1 Å². The highest BCUT2D eigenvalue weighted by atomic mass is 79.9. The van der Waals surface area contributed by atoms with E-state index in [2.05, 4.69) is 0 Å². The van der Waals surface area contributed by atoms with Crippen molar-refractivity contribution in [1.29, 1.82) is 0 Å². The predicted octanol–water partition coefficient (Wildman–Crippen LogP) is 1.82. The number of aryl methyl sites for hydroxylation is 1. The summed E-state index contributed by atoms with van der Waals surface area (Å²) in [6, 6.07) is 5.99. The zero-order chi connectivity index (χ0) is 8.48. The van der Waals surface area contributed by atoms with Gasteiger partial charge in [0.05, 0.1) is 4.90 Å². The first-order valence-electron chi connectivity index (χ1n) is 3.04. The normalized spacial score (nSPS) is 10.5. The Bertz CT molecular complexity index is 341. The SMILES string of the molecule is Br.Cc1ccc(S(=O)(=O)O)cc1. The van der Waals surface area contributed by atoms with Gasteiger partial charge in [0.2, 0.25) is 0 Å². The minimum Gasteiger partial charge on any atom is -0.282 e. The molecule has 0 bridgehead atoms. The maximum atomic E-state index is 10.5. The van der Waals surface area contributed by atoms with E-state index >= 15 is 0 Å². The highest BCUT2D eigenvalue weighted by molar-refractivity contribution is 8.93. The molecule has 0 spiro atoms. The molecule has 0 amide bonds. The summed E-state index contributed by atoms with van der Waals surface area (Å²) in [6.07, 6.45) is 0. The van der Waals surface area contributed by atoms with Crippen molar-refractivity contribution in [2.24, 2.45) is 0 Å². The van der Waals surface area contributed by atoms with Crippen LogP contribution in [0.4, 0.5) is 0 Å². The van der Waals surface area contributed by atoms with Gasteiger partial charge in [-0.2, -0.15) is 8.42 Å². The fourth-order valence-corrected chi connectivity index (χ4v) is 1.19. The minimum atomic E-state index is -4.02.